The summed E-state index contributed by atoms with van der Waals surface area (Å²) in [4.78, 5) is 20.3. The van der Waals surface area contributed by atoms with Gasteiger partial charge in [-0.1, -0.05) is 20.8 Å². The molecule has 0 aliphatic heterocycles. The monoisotopic (exact) mass is 357 g/mol. The van der Waals surface area contributed by atoms with E-state index < -0.39 is 0 Å². The maximum atomic E-state index is 12.0. The Labute approximate surface area is 154 Å². The van der Waals surface area contributed by atoms with Crippen molar-refractivity contribution in [1.82, 2.24) is 9.97 Å². The van der Waals surface area contributed by atoms with E-state index in [4.69, 9.17) is 10.5 Å². The first-order valence-corrected chi connectivity index (χ1v) is 8.81. The first-order valence-electron chi connectivity index (χ1n) is 8.81. The van der Waals surface area contributed by atoms with Gasteiger partial charge in [0.2, 0.25) is 0 Å². The number of carbonyl (C=O) groups excluding carboxylic acids is 1. The molecule has 26 heavy (non-hydrogen) atoms. The summed E-state index contributed by atoms with van der Waals surface area (Å²) in [6.07, 6.45) is 2.42. The van der Waals surface area contributed by atoms with Crippen LogP contribution in [-0.2, 0) is 4.74 Å². The fraction of sp³-hybridized carbons (Fsp3) is 0.421. The van der Waals surface area contributed by atoms with Crippen molar-refractivity contribution in [2.75, 3.05) is 23.0 Å². The van der Waals surface area contributed by atoms with Crippen LogP contribution in [0.2, 0.25) is 0 Å². The van der Waals surface area contributed by atoms with Crippen LogP contribution in [0.15, 0.2) is 30.6 Å². The van der Waals surface area contributed by atoms with Crippen molar-refractivity contribution in [2.24, 2.45) is 5.92 Å². The molecule has 0 amide bonds. The van der Waals surface area contributed by atoms with Crippen molar-refractivity contribution in [3.05, 3.63) is 36.2 Å². The van der Waals surface area contributed by atoms with Crippen LogP contribution in [-0.4, -0.2) is 28.6 Å². The first-order chi connectivity index (χ1) is 12.4. The topological polar surface area (TPSA) is 102 Å². The zero-order valence-corrected chi connectivity index (χ0v) is 15.7. The van der Waals surface area contributed by atoms with Gasteiger partial charge in [-0.25, -0.2) is 14.8 Å². The molecule has 2 rings (SSSR count). The van der Waals surface area contributed by atoms with E-state index in [2.05, 4.69) is 34.4 Å². The van der Waals surface area contributed by atoms with E-state index >= 15 is 0 Å². The van der Waals surface area contributed by atoms with E-state index in [9.17, 15) is 4.79 Å². The number of nitrogen functional groups attached to an aromatic ring is 1. The molecule has 0 aliphatic rings. The molecule has 1 atom stereocenters. The highest BCUT2D eigenvalue weighted by Crippen LogP contribution is 2.26. The molecule has 140 valence electrons. The Morgan fingerprint density at radius 1 is 1.15 bits per heavy atom. The van der Waals surface area contributed by atoms with Gasteiger partial charge in [0.25, 0.3) is 0 Å². The number of nitrogens with one attached hydrogen (secondary N) is 2. The highest BCUT2D eigenvalue weighted by molar-refractivity contribution is 5.90. The molecule has 0 bridgehead atoms. The first kappa shape index (κ1) is 19.5. The van der Waals surface area contributed by atoms with Gasteiger partial charge in [-0.3, -0.25) is 0 Å². The minimum Gasteiger partial charge on any atom is -0.462 e. The van der Waals surface area contributed by atoms with Gasteiger partial charge in [-0.05, 0) is 43.5 Å². The molecule has 1 heterocycles. The Balaban J connectivity index is 2.07. The number of esters is 1. The summed E-state index contributed by atoms with van der Waals surface area (Å²) in [7, 11) is 0. The molecule has 0 saturated carbocycles. The molecule has 4 N–H and O–H groups in total. The zero-order valence-electron chi connectivity index (χ0n) is 15.7. The van der Waals surface area contributed by atoms with Gasteiger partial charge in [0.15, 0.2) is 11.6 Å². The summed E-state index contributed by atoms with van der Waals surface area (Å²) in [6.45, 7) is 8.55. The molecule has 2 aromatic rings. The van der Waals surface area contributed by atoms with Crippen molar-refractivity contribution in [3.63, 3.8) is 0 Å². The lowest BCUT2D eigenvalue weighted by Gasteiger charge is -2.16. The van der Waals surface area contributed by atoms with Crippen LogP contribution in [0.3, 0.4) is 0 Å². The third-order valence-electron chi connectivity index (χ3n) is 3.81. The smallest absolute Gasteiger partial charge is 0.338 e. The molecule has 7 nitrogen and oxygen atoms in total. The highest BCUT2D eigenvalue weighted by Gasteiger charge is 2.11. The second kappa shape index (κ2) is 9.03. The van der Waals surface area contributed by atoms with Gasteiger partial charge in [0.05, 0.1) is 12.2 Å². The predicted molar refractivity (Wildman–Crippen MR) is 105 cm³/mol. The van der Waals surface area contributed by atoms with Crippen molar-refractivity contribution < 1.29 is 9.53 Å². The summed E-state index contributed by atoms with van der Waals surface area (Å²) in [5.74, 6) is 1.09. The molecule has 1 unspecified atom stereocenters. The van der Waals surface area contributed by atoms with Gasteiger partial charge in [0.1, 0.15) is 12.0 Å². The number of nitrogens with zero attached hydrogens (tertiary/aromatic N) is 2. The summed E-state index contributed by atoms with van der Waals surface area (Å²) in [5, 5.41) is 6.41. The summed E-state index contributed by atoms with van der Waals surface area (Å²) >= 11 is 0. The number of anilines is 4. The molecular formula is C19H27N5O2. The molecule has 0 saturated heterocycles. The molecule has 7 heteroatoms. The lowest BCUT2D eigenvalue weighted by atomic mass is 10.2. The molecule has 0 radical (unpaired) electrons. The van der Waals surface area contributed by atoms with Crippen LogP contribution in [0.25, 0.3) is 0 Å². The maximum Gasteiger partial charge on any atom is 0.338 e. The fourth-order valence-corrected chi connectivity index (χ4v) is 2.10. The number of nitrogens with two attached hydrogens (primary N) is 1. The Morgan fingerprint density at radius 3 is 2.42 bits per heavy atom. The largest absolute Gasteiger partial charge is 0.462 e. The number of carbonyl (C=O) groups is 1. The SMILES string of the molecule is CCC(C)Nc1ncnc(Nc2ccc(C(=O)OCC(C)C)cc2)c1N. The Kier molecular flexibility index (Phi) is 6.77. The number of benzene rings is 1. The summed E-state index contributed by atoms with van der Waals surface area (Å²) in [6, 6.07) is 7.25. The number of ether oxygens (including phenoxy) is 1. The Bertz CT molecular complexity index is 731. The molecule has 1 aromatic heterocycles. The van der Waals surface area contributed by atoms with E-state index in [0.717, 1.165) is 12.1 Å². The van der Waals surface area contributed by atoms with E-state index in [1.54, 1.807) is 24.3 Å². The molecule has 1 aromatic carbocycles. The Hall–Kier alpha value is -2.83. The number of aromatic nitrogens is 2. The van der Waals surface area contributed by atoms with Crippen LogP contribution in [0.5, 0.6) is 0 Å². The predicted octanol–water partition coefficient (Wildman–Crippen LogP) is 3.83. The maximum absolute atomic E-state index is 12.0. The molecule has 0 spiro atoms. The van der Waals surface area contributed by atoms with Crippen LogP contribution in [0, 0.1) is 5.92 Å². The van der Waals surface area contributed by atoms with Crippen LogP contribution in [0.4, 0.5) is 23.0 Å². The average molecular weight is 357 g/mol. The van der Waals surface area contributed by atoms with E-state index in [1.165, 1.54) is 6.33 Å². The van der Waals surface area contributed by atoms with Crippen molar-refractivity contribution >= 4 is 29.0 Å². The second-order valence-corrected chi connectivity index (χ2v) is 6.63. The minimum atomic E-state index is -0.327. The summed E-state index contributed by atoms with van der Waals surface area (Å²) < 4.78 is 5.22. The van der Waals surface area contributed by atoms with Gasteiger partial charge < -0.3 is 21.1 Å². The summed E-state index contributed by atoms with van der Waals surface area (Å²) in [5.41, 5.74) is 7.88. The van der Waals surface area contributed by atoms with Crippen LogP contribution in [0.1, 0.15) is 44.5 Å². The average Bonchev–Trinajstić information content (AvgIpc) is 2.63. The molecule has 0 aliphatic carbocycles. The second-order valence-electron chi connectivity index (χ2n) is 6.63. The van der Waals surface area contributed by atoms with Crippen LogP contribution >= 0.6 is 0 Å². The minimum absolute atomic E-state index is 0.260. The third kappa shape index (κ3) is 5.34. The van der Waals surface area contributed by atoms with Gasteiger partial charge in [-0.2, -0.15) is 0 Å². The Morgan fingerprint density at radius 2 is 1.81 bits per heavy atom. The van der Waals surface area contributed by atoms with Gasteiger partial charge in [-0.15, -0.1) is 0 Å². The fourth-order valence-electron chi connectivity index (χ4n) is 2.10. The van der Waals surface area contributed by atoms with Crippen molar-refractivity contribution in [2.45, 2.75) is 40.2 Å². The number of hydrogen-bond acceptors (Lipinski definition) is 7. The van der Waals surface area contributed by atoms with Gasteiger partial charge >= 0.3 is 5.97 Å². The zero-order chi connectivity index (χ0) is 19.1. The lowest BCUT2D eigenvalue weighted by Crippen LogP contribution is -2.16. The van der Waals surface area contributed by atoms with Gasteiger partial charge in [0, 0.05) is 11.7 Å². The number of rotatable bonds is 8. The molecule has 0 fully saturated rings. The van der Waals surface area contributed by atoms with E-state index in [0.29, 0.717) is 35.4 Å². The van der Waals surface area contributed by atoms with Crippen LogP contribution < -0.4 is 16.4 Å². The molecular weight excluding hydrogens is 330 g/mol. The normalized spacial score (nSPS) is 11.9. The third-order valence-corrected chi connectivity index (χ3v) is 3.81. The van der Waals surface area contributed by atoms with E-state index in [-0.39, 0.29) is 12.0 Å². The van der Waals surface area contributed by atoms with Crippen molar-refractivity contribution in [1.29, 1.82) is 0 Å². The lowest BCUT2D eigenvalue weighted by molar-refractivity contribution is 0.0459. The quantitative estimate of drug-likeness (QED) is 0.617. The number of hydrogen-bond donors (Lipinski definition) is 3. The standard InChI is InChI=1S/C19H27N5O2/c1-5-13(4)23-17-16(20)18(22-11-21-17)24-15-8-6-14(7-9-15)19(25)26-10-12(2)3/h6-9,11-13H,5,10,20H2,1-4H3,(H2,21,22,23,24). The highest BCUT2D eigenvalue weighted by atomic mass is 16.5. The van der Waals surface area contributed by atoms with Crippen molar-refractivity contribution in [3.8, 4) is 0 Å². The van der Waals surface area contributed by atoms with E-state index in [1.807, 2.05) is 13.8 Å².